The molecule has 4 rings (SSSR count). The normalized spacial score (nSPS) is 14.0. The van der Waals surface area contributed by atoms with Gasteiger partial charge in [0.1, 0.15) is 11.5 Å². The van der Waals surface area contributed by atoms with Gasteiger partial charge in [0.2, 0.25) is 0 Å². The zero-order valence-corrected chi connectivity index (χ0v) is 14.5. The Morgan fingerprint density at radius 3 is 2.68 bits per heavy atom. The molecule has 1 aliphatic carbocycles. The second kappa shape index (κ2) is 6.03. The van der Waals surface area contributed by atoms with E-state index in [1.54, 1.807) is 17.0 Å². The maximum absolute atomic E-state index is 14.0. The molecule has 0 saturated heterocycles. The largest absolute Gasteiger partial charge is 0.351 e. The van der Waals surface area contributed by atoms with Crippen LogP contribution in [0.2, 0.25) is 0 Å². The van der Waals surface area contributed by atoms with Gasteiger partial charge in [0.05, 0.1) is 0 Å². The average Bonchev–Trinajstić information content (AvgIpc) is 3.32. The Labute approximate surface area is 146 Å². The Kier molecular flexibility index (Phi) is 3.83. The van der Waals surface area contributed by atoms with Gasteiger partial charge in [-0.25, -0.2) is 4.39 Å². The van der Waals surface area contributed by atoms with Crippen LogP contribution in [0.15, 0.2) is 42.5 Å². The molecule has 3 aromatic rings. The number of rotatable bonds is 4. The summed E-state index contributed by atoms with van der Waals surface area (Å²) in [5.41, 5.74) is 4.42. The van der Waals surface area contributed by atoms with Crippen molar-refractivity contribution in [2.45, 2.75) is 39.3 Å². The minimum absolute atomic E-state index is 0.0565. The molecule has 0 radical (unpaired) electrons. The monoisotopic (exact) mass is 336 g/mol. The van der Waals surface area contributed by atoms with Gasteiger partial charge in [-0.1, -0.05) is 24.3 Å². The molecule has 3 nitrogen and oxygen atoms in total. The number of aromatic nitrogens is 1. The van der Waals surface area contributed by atoms with Crippen molar-refractivity contribution in [1.29, 1.82) is 0 Å². The Morgan fingerprint density at radius 2 is 1.96 bits per heavy atom. The first-order valence-electron chi connectivity index (χ1n) is 8.67. The van der Waals surface area contributed by atoms with Gasteiger partial charge < -0.3 is 9.88 Å². The smallest absolute Gasteiger partial charge is 0.270 e. The van der Waals surface area contributed by atoms with E-state index in [-0.39, 0.29) is 17.8 Å². The number of carbonyl (C=O) groups is 1. The van der Waals surface area contributed by atoms with Crippen molar-refractivity contribution in [3.8, 4) is 0 Å². The number of hydrogen-bond donors (Lipinski definition) is 1. The van der Waals surface area contributed by atoms with Crippen molar-refractivity contribution in [1.82, 2.24) is 9.88 Å². The summed E-state index contributed by atoms with van der Waals surface area (Å²) in [5, 5.41) is 1.07. The average molecular weight is 336 g/mol. The zero-order chi connectivity index (χ0) is 17.6. The minimum atomic E-state index is -0.260. The molecule has 1 amide bonds. The highest BCUT2D eigenvalue weighted by Gasteiger charge is 2.34. The summed E-state index contributed by atoms with van der Waals surface area (Å²) >= 11 is 0. The highest BCUT2D eigenvalue weighted by molar-refractivity contribution is 5.99. The lowest BCUT2D eigenvalue weighted by Gasteiger charge is -2.22. The maximum atomic E-state index is 14.0. The number of aromatic amines is 1. The molecule has 1 aliphatic rings. The summed E-state index contributed by atoms with van der Waals surface area (Å²) in [4.78, 5) is 18.1. The lowest BCUT2D eigenvalue weighted by molar-refractivity contribution is 0.0723. The number of aryl methyl sites for hydroxylation is 2. The summed E-state index contributed by atoms with van der Waals surface area (Å²) in [6.07, 6.45) is 1.97. The van der Waals surface area contributed by atoms with E-state index in [4.69, 9.17) is 0 Å². The first-order valence-corrected chi connectivity index (χ1v) is 8.67. The fourth-order valence-corrected chi connectivity index (χ4v) is 3.43. The van der Waals surface area contributed by atoms with E-state index in [0.717, 1.165) is 34.9 Å². The molecule has 2 aromatic carbocycles. The molecule has 1 aromatic heterocycles. The molecule has 1 heterocycles. The minimum Gasteiger partial charge on any atom is -0.351 e. The molecule has 128 valence electrons. The number of hydrogen-bond acceptors (Lipinski definition) is 1. The van der Waals surface area contributed by atoms with Crippen molar-refractivity contribution in [3.05, 3.63) is 70.7 Å². The fraction of sp³-hybridized carbons (Fsp3) is 0.286. The number of H-pyrrole nitrogens is 1. The van der Waals surface area contributed by atoms with Gasteiger partial charge in [-0.3, -0.25) is 4.79 Å². The molecule has 0 spiro atoms. The van der Waals surface area contributed by atoms with Crippen LogP contribution in [0.3, 0.4) is 0 Å². The first-order chi connectivity index (χ1) is 12.0. The number of halogens is 1. The van der Waals surface area contributed by atoms with E-state index in [9.17, 15) is 9.18 Å². The Hall–Kier alpha value is -2.62. The zero-order valence-electron chi connectivity index (χ0n) is 14.5. The molecule has 25 heavy (non-hydrogen) atoms. The number of nitrogens with zero attached hydrogens (tertiary/aromatic N) is 1. The van der Waals surface area contributed by atoms with Gasteiger partial charge >= 0.3 is 0 Å². The topological polar surface area (TPSA) is 36.1 Å². The highest BCUT2D eigenvalue weighted by atomic mass is 19.1. The van der Waals surface area contributed by atoms with Crippen molar-refractivity contribution in [3.63, 3.8) is 0 Å². The second-order valence-corrected chi connectivity index (χ2v) is 6.98. The highest BCUT2D eigenvalue weighted by Crippen LogP contribution is 2.31. The number of nitrogens with one attached hydrogen (secondary N) is 1. The third kappa shape index (κ3) is 3.04. The quantitative estimate of drug-likeness (QED) is 0.735. The molecule has 1 fully saturated rings. The molecule has 4 heteroatoms. The molecular formula is C21H21FN2O. The van der Waals surface area contributed by atoms with Crippen LogP contribution in [0.1, 0.15) is 40.0 Å². The molecule has 0 unspecified atom stereocenters. The van der Waals surface area contributed by atoms with Gasteiger partial charge in [-0.2, -0.15) is 0 Å². The third-order valence-corrected chi connectivity index (χ3v) is 4.87. The summed E-state index contributed by atoms with van der Waals surface area (Å²) in [5.74, 6) is -0.317. The van der Waals surface area contributed by atoms with Crippen molar-refractivity contribution < 1.29 is 9.18 Å². The number of carbonyl (C=O) groups excluding carboxylic acids is 1. The molecule has 0 bridgehead atoms. The van der Waals surface area contributed by atoms with Crippen molar-refractivity contribution in [2.75, 3.05) is 0 Å². The Bertz CT molecular complexity index is 956. The fourth-order valence-electron chi connectivity index (χ4n) is 3.43. The van der Waals surface area contributed by atoms with Crippen LogP contribution in [0.25, 0.3) is 10.9 Å². The van der Waals surface area contributed by atoms with Crippen LogP contribution in [-0.2, 0) is 6.54 Å². The van der Waals surface area contributed by atoms with Gasteiger partial charge in [-0.15, -0.1) is 0 Å². The Balaban J connectivity index is 1.67. The first kappa shape index (κ1) is 15.9. The van der Waals surface area contributed by atoms with E-state index in [2.05, 4.69) is 24.0 Å². The van der Waals surface area contributed by atoms with Gasteiger partial charge in [0.25, 0.3) is 5.91 Å². The van der Waals surface area contributed by atoms with Gasteiger partial charge in [-0.05, 0) is 56.0 Å². The van der Waals surface area contributed by atoms with Crippen molar-refractivity contribution >= 4 is 16.8 Å². The predicted molar refractivity (Wildman–Crippen MR) is 97.1 cm³/mol. The van der Waals surface area contributed by atoms with Gasteiger partial charge in [0.15, 0.2) is 0 Å². The second-order valence-electron chi connectivity index (χ2n) is 6.98. The van der Waals surface area contributed by atoms with E-state index < -0.39 is 0 Å². The molecule has 1 N–H and O–H groups in total. The van der Waals surface area contributed by atoms with E-state index >= 15 is 0 Å². The van der Waals surface area contributed by atoms with E-state index in [1.165, 1.54) is 6.07 Å². The third-order valence-electron chi connectivity index (χ3n) is 4.87. The van der Waals surface area contributed by atoms with Crippen molar-refractivity contribution in [2.24, 2.45) is 0 Å². The van der Waals surface area contributed by atoms with Crippen LogP contribution < -0.4 is 0 Å². The number of fused-ring (bicyclic) bond motifs is 1. The number of amides is 1. The molecule has 0 atom stereocenters. The maximum Gasteiger partial charge on any atom is 0.270 e. The molecule has 0 aliphatic heterocycles. The lowest BCUT2D eigenvalue weighted by Crippen LogP contribution is -2.33. The molecular weight excluding hydrogens is 315 g/mol. The van der Waals surface area contributed by atoms with Crippen LogP contribution in [-0.4, -0.2) is 21.8 Å². The van der Waals surface area contributed by atoms with Crippen LogP contribution in [0.5, 0.6) is 0 Å². The summed E-state index contributed by atoms with van der Waals surface area (Å²) in [6, 6.07) is 13.0. The molecule has 1 saturated carbocycles. The van der Waals surface area contributed by atoms with E-state index in [0.29, 0.717) is 17.8 Å². The lowest BCUT2D eigenvalue weighted by atomic mass is 10.1. The summed E-state index contributed by atoms with van der Waals surface area (Å²) < 4.78 is 14.0. The van der Waals surface area contributed by atoms with Gasteiger partial charge in [0, 0.05) is 29.1 Å². The van der Waals surface area contributed by atoms with Crippen LogP contribution >= 0.6 is 0 Å². The SMILES string of the molecule is Cc1cc(C)c2cc(C(=O)N(Cc3ccccc3F)C3CC3)[nH]c2c1. The number of benzene rings is 2. The predicted octanol–water partition coefficient (Wildman–Crippen LogP) is 4.73. The summed E-state index contributed by atoms with van der Waals surface area (Å²) in [7, 11) is 0. The van der Waals surface area contributed by atoms with Crippen LogP contribution in [0, 0.1) is 19.7 Å². The van der Waals surface area contributed by atoms with Crippen LogP contribution in [0.4, 0.5) is 4.39 Å². The standard InChI is InChI=1S/C21H21FN2O/c1-13-9-14(2)17-11-20(23-19(17)10-13)21(25)24(16-7-8-16)12-15-5-3-4-6-18(15)22/h3-6,9-11,16,23H,7-8,12H2,1-2H3. The Morgan fingerprint density at radius 1 is 1.20 bits per heavy atom. The van der Waals surface area contributed by atoms with E-state index in [1.807, 2.05) is 19.1 Å². The summed E-state index contributed by atoms with van der Waals surface area (Å²) in [6.45, 7) is 4.41.